The monoisotopic (exact) mass is 290 g/mol. The van der Waals surface area contributed by atoms with E-state index in [0.29, 0.717) is 6.04 Å². The first kappa shape index (κ1) is 13.9. The van der Waals surface area contributed by atoms with Gasteiger partial charge in [0.05, 0.1) is 12.7 Å². The SMILES string of the molecule is CC1CN(CCn2cncn2)CCN1c1ccc(F)cn1. The number of hydrogen-bond acceptors (Lipinski definition) is 5. The van der Waals surface area contributed by atoms with E-state index in [1.165, 1.54) is 12.3 Å². The van der Waals surface area contributed by atoms with E-state index in [4.69, 9.17) is 0 Å². The topological polar surface area (TPSA) is 50.1 Å². The predicted octanol–water partition coefficient (Wildman–Crippen LogP) is 1.02. The summed E-state index contributed by atoms with van der Waals surface area (Å²) in [4.78, 5) is 12.8. The van der Waals surface area contributed by atoms with Crippen LogP contribution in [-0.2, 0) is 6.54 Å². The molecule has 1 fully saturated rings. The first-order valence-electron chi connectivity index (χ1n) is 7.15. The van der Waals surface area contributed by atoms with E-state index in [2.05, 4.69) is 31.8 Å². The first-order valence-corrected chi connectivity index (χ1v) is 7.15. The minimum Gasteiger partial charge on any atom is -0.351 e. The van der Waals surface area contributed by atoms with Crippen LogP contribution in [0.4, 0.5) is 10.2 Å². The number of pyridine rings is 1. The summed E-state index contributed by atoms with van der Waals surface area (Å²) in [7, 11) is 0. The number of rotatable bonds is 4. The second-order valence-electron chi connectivity index (χ2n) is 5.34. The van der Waals surface area contributed by atoms with Gasteiger partial charge in [-0.25, -0.2) is 14.4 Å². The second kappa shape index (κ2) is 6.17. The maximum Gasteiger partial charge on any atom is 0.141 e. The summed E-state index contributed by atoms with van der Waals surface area (Å²) in [5, 5.41) is 4.11. The molecule has 0 saturated carbocycles. The van der Waals surface area contributed by atoms with Gasteiger partial charge in [-0.1, -0.05) is 0 Å². The highest BCUT2D eigenvalue weighted by Gasteiger charge is 2.24. The minimum atomic E-state index is -0.294. The smallest absolute Gasteiger partial charge is 0.141 e. The molecule has 1 saturated heterocycles. The molecule has 1 aliphatic heterocycles. The van der Waals surface area contributed by atoms with Gasteiger partial charge in [0.2, 0.25) is 0 Å². The van der Waals surface area contributed by atoms with Crippen molar-refractivity contribution in [1.82, 2.24) is 24.6 Å². The van der Waals surface area contributed by atoms with Crippen molar-refractivity contribution < 1.29 is 4.39 Å². The molecule has 0 aliphatic carbocycles. The third kappa shape index (κ3) is 3.36. The van der Waals surface area contributed by atoms with Crippen molar-refractivity contribution in [3.05, 3.63) is 36.8 Å². The van der Waals surface area contributed by atoms with Crippen molar-refractivity contribution in [3.8, 4) is 0 Å². The Labute approximate surface area is 123 Å². The van der Waals surface area contributed by atoms with Crippen molar-refractivity contribution in [2.24, 2.45) is 0 Å². The fourth-order valence-corrected chi connectivity index (χ4v) is 2.71. The van der Waals surface area contributed by atoms with Crippen LogP contribution in [0.15, 0.2) is 31.0 Å². The number of hydrogen-bond donors (Lipinski definition) is 0. The lowest BCUT2D eigenvalue weighted by Crippen LogP contribution is -2.52. The van der Waals surface area contributed by atoms with Crippen LogP contribution < -0.4 is 4.90 Å². The first-order chi connectivity index (χ1) is 10.2. The van der Waals surface area contributed by atoms with E-state index in [1.54, 1.807) is 18.7 Å². The minimum absolute atomic E-state index is 0.294. The molecule has 0 N–H and O–H groups in total. The molecule has 0 bridgehead atoms. The molecule has 3 heterocycles. The molecule has 0 radical (unpaired) electrons. The molecule has 1 aliphatic rings. The third-order valence-corrected chi connectivity index (χ3v) is 3.83. The Morgan fingerprint density at radius 1 is 1.29 bits per heavy atom. The highest BCUT2D eigenvalue weighted by Crippen LogP contribution is 2.18. The maximum absolute atomic E-state index is 12.9. The Balaban J connectivity index is 1.55. The van der Waals surface area contributed by atoms with Gasteiger partial charge >= 0.3 is 0 Å². The lowest BCUT2D eigenvalue weighted by Gasteiger charge is -2.40. The van der Waals surface area contributed by atoms with Gasteiger partial charge in [-0.15, -0.1) is 0 Å². The van der Waals surface area contributed by atoms with Crippen LogP contribution in [0.25, 0.3) is 0 Å². The molecule has 1 atom stereocenters. The lowest BCUT2D eigenvalue weighted by atomic mass is 10.2. The van der Waals surface area contributed by atoms with E-state index in [0.717, 1.165) is 38.5 Å². The lowest BCUT2D eigenvalue weighted by molar-refractivity contribution is 0.217. The number of nitrogens with zero attached hydrogens (tertiary/aromatic N) is 6. The molecule has 0 spiro atoms. The van der Waals surface area contributed by atoms with Crippen molar-refractivity contribution in [1.29, 1.82) is 0 Å². The fraction of sp³-hybridized carbons (Fsp3) is 0.500. The van der Waals surface area contributed by atoms with Gasteiger partial charge in [0.1, 0.15) is 24.3 Å². The van der Waals surface area contributed by atoms with Gasteiger partial charge in [0, 0.05) is 32.2 Å². The van der Waals surface area contributed by atoms with Gasteiger partial charge in [-0.3, -0.25) is 9.58 Å². The molecular weight excluding hydrogens is 271 g/mol. The number of anilines is 1. The molecule has 2 aromatic heterocycles. The Kier molecular flexibility index (Phi) is 4.10. The summed E-state index contributed by atoms with van der Waals surface area (Å²) >= 11 is 0. The Morgan fingerprint density at radius 3 is 2.86 bits per heavy atom. The van der Waals surface area contributed by atoms with E-state index in [9.17, 15) is 4.39 Å². The van der Waals surface area contributed by atoms with Gasteiger partial charge in [0.15, 0.2) is 0 Å². The van der Waals surface area contributed by atoms with Crippen LogP contribution >= 0.6 is 0 Å². The zero-order valence-corrected chi connectivity index (χ0v) is 12.1. The van der Waals surface area contributed by atoms with Crippen LogP contribution in [0, 0.1) is 5.82 Å². The van der Waals surface area contributed by atoms with E-state index in [1.807, 2.05) is 4.68 Å². The quantitative estimate of drug-likeness (QED) is 0.841. The van der Waals surface area contributed by atoms with Crippen LogP contribution in [-0.4, -0.2) is 56.9 Å². The van der Waals surface area contributed by atoms with Gasteiger partial charge < -0.3 is 4.90 Å². The van der Waals surface area contributed by atoms with Gasteiger partial charge in [0.25, 0.3) is 0 Å². The normalized spacial score (nSPS) is 19.9. The van der Waals surface area contributed by atoms with Crippen LogP contribution in [0.1, 0.15) is 6.92 Å². The van der Waals surface area contributed by atoms with Gasteiger partial charge in [-0.05, 0) is 19.1 Å². The number of halogens is 1. The highest BCUT2D eigenvalue weighted by molar-refractivity contribution is 5.40. The molecule has 0 aromatic carbocycles. The number of piperazine rings is 1. The maximum atomic E-state index is 12.9. The number of aromatic nitrogens is 4. The average molecular weight is 290 g/mol. The predicted molar refractivity (Wildman–Crippen MR) is 77.5 cm³/mol. The molecular formula is C14H19FN6. The fourth-order valence-electron chi connectivity index (χ4n) is 2.71. The average Bonchev–Trinajstić information content (AvgIpc) is 3.00. The molecule has 112 valence electrons. The van der Waals surface area contributed by atoms with E-state index < -0.39 is 0 Å². The summed E-state index contributed by atoms with van der Waals surface area (Å²) in [5.41, 5.74) is 0. The Morgan fingerprint density at radius 2 is 2.19 bits per heavy atom. The molecule has 7 heteroatoms. The largest absolute Gasteiger partial charge is 0.351 e. The van der Waals surface area contributed by atoms with E-state index >= 15 is 0 Å². The van der Waals surface area contributed by atoms with Crippen molar-refractivity contribution in [2.45, 2.75) is 19.5 Å². The summed E-state index contributed by atoms with van der Waals surface area (Å²) in [6.45, 7) is 6.82. The summed E-state index contributed by atoms with van der Waals surface area (Å²) in [6.07, 6.45) is 4.57. The summed E-state index contributed by atoms with van der Waals surface area (Å²) in [5.74, 6) is 0.553. The molecule has 6 nitrogen and oxygen atoms in total. The molecule has 3 rings (SSSR count). The third-order valence-electron chi connectivity index (χ3n) is 3.83. The van der Waals surface area contributed by atoms with Crippen molar-refractivity contribution in [3.63, 3.8) is 0 Å². The zero-order valence-electron chi connectivity index (χ0n) is 12.1. The molecule has 1 unspecified atom stereocenters. The summed E-state index contributed by atoms with van der Waals surface area (Å²) in [6, 6.07) is 3.57. The van der Waals surface area contributed by atoms with Crippen LogP contribution in [0.2, 0.25) is 0 Å². The molecule has 21 heavy (non-hydrogen) atoms. The summed E-state index contributed by atoms with van der Waals surface area (Å²) < 4.78 is 14.8. The van der Waals surface area contributed by atoms with Crippen LogP contribution in [0.3, 0.4) is 0 Å². The highest BCUT2D eigenvalue weighted by atomic mass is 19.1. The molecule has 0 amide bonds. The van der Waals surface area contributed by atoms with Gasteiger partial charge in [-0.2, -0.15) is 5.10 Å². The Hall–Kier alpha value is -2.02. The van der Waals surface area contributed by atoms with Crippen molar-refractivity contribution >= 4 is 5.82 Å². The van der Waals surface area contributed by atoms with E-state index in [-0.39, 0.29) is 5.82 Å². The second-order valence-corrected chi connectivity index (χ2v) is 5.34. The Bertz CT molecular complexity index is 555. The van der Waals surface area contributed by atoms with Crippen LogP contribution in [0.5, 0.6) is 0 Å². The van der Waals surface area contributed by atoms with Crippen molar-refractivity contribution in [2.75, 3.05) is 31.1 Å². The zero-order chi connectivity index (χ0) is 14.7. The standard InChI is InChI=1S/C14H19FN6/c1-12-9-19(4-6-20-11-16-10-18-20)5-7-21(12)14-3-2-13(15)8-17-14/h2-3,8,10-12H,4-7,9H2,1H3. The molecule has 2 aromatic rings.